The molecule has 1 aromatic rings. The summed E-state index contributed by atoms with van der Waals surface area (Å²) in [5.41, 5.74) is 8.17. The van der Waals surface area contributed by atoms with Gasteiger partial charge in [0.2, 0.25) is 0 Å². The van der Waals surface area contributed by atoms with Gasteiger partial charge in [0.25, 0.3) is 0 Å². The van der Waals surface area contributed by atoms with Crippen molar-refractivity contribution in [3.8, 4) is 0 Å². The molecule has 3 N–H and O–H groups in total. The molecule has 0 aromatic heterocycles. The van der Waals surface area contributed by atoms with Crippen LogP contribution in [0.1, 0.15) is 44.1 Å². The van der Waals surface area contributed by atoms with E-state index in [0.717, 1.165) is 25.4 Å². The summed E-state index contributed by atoms with van der Waals surface area (Å²) in [5, 5.41) is 8.78. The quantitative estimate of drug-likeness (QED) is 0.673. The molecule has 0 heterocycles. The number of unbranched alkanes of at least 4 members (excludes halogenated alkanes) is 3. The summed E-state index contributed by atoms with van der Waals surface area (Å²) in [5.74, 6) is 0. The van der Waals surface area contributed by atoms with Crippen LogP contribution in [0.2, 0.25) is 0 Å². The maximum atomic E-state index is 8.78. The third-order valence-corrected chi connectivity index (χ3v) is 3.80. The normalized spacial score (nSPS) is 14.6. The van der Waals surface area contributed by atoms with Gasteiger partial charge in [0.15, 0.2) is 0 Å². The second-order valence-corrected chi connectivity index (χ2v) is 5.43. The number of hydrogen-bond acceptors (Lipinski definition) is 3. The molecule has 1 aromatic carbocycles. The van der Waals surface area contributed by atoms with E-state index in [1.165, 1.54) is 36.9 Å². The standard InChI is InChI=1S/C16H26N2O/c17-13-14-5-7-15(8-6-14)18(16-9-10-16)11-3-1-2-4-12-19/h5-8,16,19H,1-4,9-13,17H2. The first kappa shape index (κ1) is 14.4. The van der Waals surface area contributed by atoms with Crippen molar-refractivity contribution >= 4 is 5.69 Å². The lowest BCUT2D eigenvalue weighted by Gasteiger charge is -2.25. The number of anilines is 1. The second kappa shape index (κ2) is 7.51. The number of benzene rings is 1. The lowest BCUT2D eigenvalue weighted by atomic mass is 10.1. The van der Waals surface area contributed by atoms with E-state index < -0.39 is 0 Å². The third kappa shape index (κ3) is 4.51. The third-order valence-electron chi connectivity index (χ3n) is 3.80. The summed E-state index contributed by atoms with van der Waals surface area (Å²) < 4.78 is 0. The van der Waals surface area contributed by atoms with Crippen molar-refractivity contribution in [2.45, 2.75) is 51.1 Å². The van der Waals surface area contributed by atoms with Crippen molar-refractivity contribution in [2.24, 2.45) is 5.73 Å². The zero-order chi connectivity index (χ0) is 13.5. The van der Waals surface area contributed by atoms with E-state index in [4.69, 9.17) is 10.8 Å². The van der Waals surface area contributed by atoms with Crippen molar-refractivity contribution in [1.82, 2.24) is 0 Å². The van der Waals surface area contributed by atoms with E-state index in [2.05, 4.69) is 29.2 Å². The van der Waals surface area contributed by atoms with Gasteiger partial charge in [0.05, 0.1) is 0 Å². The first-order chi connectivity index (χ1) is 9.35. The van der Waals surface area contributed by atoms with Crippen LogP contribution in [0.3, 0.4) is 0 Å². The highest BCUT2D eigenvalue weighted by atomic mass is 16.2. The zero-order valence-electron chi connectivity index (χ0n) is 11.7. The number of aliphatic hydroxyl groups excluding tert-OH is 1. The van der Waals surface area contributed by atoms with Gasteiger partial charge < -0.3 is 15.7 Å². The lowest BCUT2D eigenvalue weighted by molar-refractivity contribution is 0.282. The van der Waals surface area contributed by atoms with E-state index in [-0.39, 0.29) is 0 Å². The molecule has 2 rings (SSSR count). The maximum Gasteiger partial charge on any atom is 0.0431 e. The summed E-state index contributed by atoms with van der Waals surface area (Å²) in [4.78, 5) is 2.54. The Kier molecular flexibility index (Phi) is 5.67. The summed E-state index contributed by atoms with van der Waals surface area (Å²) >= 11 is 0. The Morgan fingerprint density at radius 1 is 1.05 bits per heavy atom. The van der Waals surface area contributed by atoms with Gasteiger partial charge in [0, 0.05) is 31.4 Å². The van der Waals surface area contributed by atoms with Crippen molar-refractivity contribution in [3.05, 3.63) is 29.8 Å². The monoisotopic (exact) mass is 262 g/mol. The molecule has 1 fully saturated rings. The first-order valence-corrected chi connectivity index (χ1v) is 7.51. The fraction of sp³-hybridized carbons (Fsp3) is 0.625. The minimum atomic E-state index is 0.326. The van der Waals surface area contributed by atoms with Gasteiger partial charge in [-0.3, -0.25) is 0 Å². The van der Waals surface area contributed by atoms with Crippen LogP contribution in [0.15, 0.2) is 24.3 Å². The molecular formula is C16H26N2O. The lowest BCUT2D eigenvalue weighted by Crippen LogP contribution is -2.26. The Morgan fingerprint density at radius 2 is 1.74 bits per heavy atom. The molecular weight excluding hydrogens is 236 g/mol. The molecule has 0 unspecified atom stereocenters. The predicted molar refractivity (Wildman–Crippen MR) is 80.3 cm³/mol. The van der Waals surface area contributed by atoms with Crippen LogP contribution < -0.4 is 10.6 Å². The minimum Gasteiger partial charge on any atom is -0.396 e. The van der Waals surface area contributed by atoms with Crippen LogP contribution in [0.4, 0.5) is 5.69 Å². The van der Waals surface area contributed by atoms with Crippen molar-refractivity contribution < 1.29 is 5.11 Å². The van der Waals surface area contributed by atoms with Gasteiger partial charge in [-0.1, -0.05) is 25.0 Å². The van der Waals surface area contributed by atoms with E-state index in [0.29, 0.717) is 13.2 Å². The minimum absolute atomic E-state index is 0.326. The highest BCUT2D eigenvalue weighted by Crippen LogP contribution is 2.32. The van der Waals surface area contributed by atoms with Gasteiger partial charge in [-0.05, 0) is 43.4 Å². The molecule has 0 bridgehead atoms. The average molecular weight is 262 g/mol. The molecule has 19 heavy (non-hydrogen) atoms. The molecule has 3 heteroatoms. The Hall–Kier alpha value is -1.06. The highest BCUT2D eigenvalue weighted by molar-refractivity contribution is 5.49. The fourth-order valence-electron chi connectivity index (χ4n) is 2.48. The van der Waals surface area contributed by atoms with Gasteiger partial charge in [-0.25, -0.2) is 0 Å². The van der Waals surface area contributed by atoms with Gasteiger partial charge in [-0.15, -0.1) is 0 Å². The van der Waals surface area contributed by atoms with Crippen LogP contribution in [0.5, 0.6) is 0 Å². The number of hydrogen-bond donors (Lipinski definition) is 2. The Morgan fingerprint density at radius 3 is 2.32 bits per heavy atom. The Bertz CT molecular complexity index is 360. The predicted octanol–water partition coefficient (Wildman–Crippen LogP) is 2.67. The SMILES string of the molecule is NCc1ccc(N(CCCCCCO)C2CC2)cc1. The van der Waals surface area contributed by atoms with Crippen molar-refractivity contribution in [3.63, 3.8) is 0 Å². The molecule has 0 spiro atoms. The van der Waals surface area contributed by atoms with Crippen LogP contribution >= 0.6 is 0 Å². The summed E-state index contributed by atoms with van der Waals surface area (Å²) in [6, 6.07) is 9.43. The molecule has 0 amide bonds. The number of rotatable bonds is 9. The molecule has 106 valence electrons. The van der Waals surface area contributed by atoms with Crippen LogP contribution in [-0.4, -0.2) is 24.3 Å². The topological polar surface area (TPSA) is 49.5 Å². The van der Waals surface area contributed by atoms with Crippen LogP contribution in [0.25, 0.3) is 0 Å². The maximum absolute atomic E-state index is 8.78. The molecule has 1 aliphatic rings. The zero-order valence-corrected chi connectivity index (χ0v) is 11.7. The molecule has 1 saturated carbocycles. The molecule has 1 aliphatic carbocycles. The molecule has 3 nitrogen and oxygen atoms in total. The van der Waals surface area contributed by atoms with Crippen LogP contribution in [0, 0.1) is 0 Å². The highest BCUT2D eigenvalue weighted by Gasteiger charge is 2.28. The molecule has 0 saturated heterocycles. The van der Waals surface area contributed by atoms with E-state index in [1.807, 2.05) is 0 Å². The largest absolute Gasteiger partial charge is 0.396 e. The van der Waals surface area contributed by atoms with Gasteiger partial charge in [0.1, 0.15) is 0 Å². The smallest absolute Gasteiger partial charge is 0.0431 e. The second-order valence-electron chi connectivity index (χ2n) is 5.43. The van der Waals surface area contributed by atoms with E-state index in [9.17, 15) is 0 Å². The van der Waals surface area contributed by atoms with Gasteiger partial charge >= 0.3 is 0 Å². The van der Waals surface area contributed by atoms with Crippen LogP contribution in [-0.2, 0) is 6.54 Å². The van der Waals surface area contributed by atoms with Crippen molar-refractivity contribution in [1.29, 1.82) is 0 Å². The Balaban J connectivity index is 1.84. The van der Waals surface area contributed by atoms with Gasteiger partial charge in [-0.2, -0.15) is 0 Å². The number of nitrogens with zero attached hydrogens (tertiary/aromatic N) is 1. The van der Waals surface area contributed by atoms with E-state index >= 15 is 0 Å². The fourth-order valence-corrected chi connectivity index (χ4v) is 2.48. The first-order valence-electron chi connectivity index (χ1n) is 7.51. The summed E-state index contributed by atoms with van der Waals surface area (Å²) in [6.45, 7) is 2.08. The summed E-state index contributed by atoms with van der Waals surface area (Å²) in [6.07, 6.45) is 7.17. The summed E-state index contributed by atoms with van der Waals surface area (Å²) in [7, 11) is 0. The van der Waals surface area contributed by atoms with Crippen molar-refractivity contribution in [2.75, 3.05) is 18.1 Å². The number of nitrogens with two attached hydrogens (primary N) is 1. The molecule has 0 atom stereocenters. The molecule has 0 radical (unpaired) electrons. The Labute approximate surface area is 116 Å². The van der Waals surface area contributed by atoms with E-state index in [1.54, 1.807) is 0 Å². The average Bonchev–Trinajstić information content (AvgIpc) is 3.28. The number of aliphatic hydroxyl groups is 1. The molecule has 0 aliphatic heterocycles.